The minimum Gasteiger partial charge on any atom is -0.340 e. The van der Waals surface area contributed by atoms with E-state index in [1.807, 2.05) is 60.7 Å². The van der Waals surface area contributed by atoms with Gasteiger partial charge < -0.3 is 10.2 Å². The fourth-order valence-corrected chi connectivity index (χ4v) is 4.49. The highest BCUT2D eigenvalue weighted by Gasteiger charge is 2.36. The van der Waals surface area contributed by atoms with Gasteiger partial charge in [-0.3, -0.25) is 4.79 Å². The normalized spacial score (nSPS) is 15.4. The number of quaternary nitrogens is 1. The Morgan fingerprint density at radius 1 is 0.793 bits per heavy atom. The minimum absolute atomic E-state index is 0.0210. The third kappa shape index (κ3) is 4.52. The maximum absolute atomic E-state index is 13.6. The van der Waals surface area contributed by atoms with E-state index in [2.05, 4.69) is 29.6 Å². The van der Waals surface area contributed by atoms with Crippen LogP contribution in [0.1, 0.15) is 41.6 Å². The van der Waals surface area contributed by atoms with Crippen LogP contribution in [0.25, 0.3) is 0 Å². The number of carbonyl (C=O) groups is 1. The van der Waals surface area contributed by atoms with Gasteiger partial charge in [0, 0.05) is 18.4 Å². The zero-order valence-electron chi connectivity index (χ0n) is 16.4. The van der Waals surface area contributed by atoms with Crippen LogP contribution >= 0.6 is 11.6 Å². The Kier molecular flexibility index (Phi) is 6.28. The molecule has 0 saturated carbocycles. The monoisotopic (exact) mass is 405 g/mol. The summed E-state index contributed by atoms with van der Waals surface area (Å²) >= 11 is 6.52. The number of rotatable bonds is 6. The Labute approximate surface area is 177 Å². The van der Waals surface area contributed by atoms with E-state index in [1.54, 1.807) is 0 Å². The van der Waals surface area contributed by atoms with Crippen molar-refractivity contribution in [2.24, 2.45) is 0 Å². The molecular weight excluding hydrogens is 380 g/mol. The molecule has 3 nitrogen and oxygen atoms in total. The van der Waals surface area contributed by atoms with E-state index in [9.17, 15) is 4.79 Å². The maximum Gasteiger partial charge on any atom is 0.283 e. The van der Waals surface area contributed by atoms with Crippen molar-refractivity contribution in [1.82, 2.24) is 5.32 Å². The Morgan fingerprint density at radius 3 is 1.86 bits per heavy atom. The molecule has 1 atom stereocenters. The van der Waals surface area contributed by atoms with Crippen molar-refractivity contribution in [3.63, 3.8) is 0 Å². The van der Waals surface area contributed by atoms with Crippen LogP contribution in [0.5, 0.6) is 0 Å². The average Bonchev–Trinajstić information content (AvgIpc) is 3.29. The van der Waals surface area contributed by atoms with E-state index in [0.717, 1.165) is 42.6 Å². The molecule has 29 heavy (non-hydrogen) atoms. The largest absolute Gasteiger partial charge is 0.340 e. The van der Waals surface area contributed by atoms with Crippen molar-refractivity contribution in [2.75, 3.05) is 13.1 Å². The molecule has 3 aromatic carbocycles. The van der Waals surface area contributed by atoms with E-state index in [-0.39, 0.29) is 18.0 Å². The van der Waals surface area contributed by atoms with Gasteiger partial charge in [-0.15, -0.1) is 0 Å². The molecule has 1 aliphatic heterocycles. The van der Waals surface area contributed by atoms with Gasteiger partial charge in [0.2, 0.25) is 0 Å². The lowest BCUT2D eigenvalue weighted by molar-refractivity contribution is -0.909. The second-order valence-corrected chi connectivity index (χ2v) is 7.99. The maximum atomic E-state index is 13.6. The summed E-state index contributed by atoms with van der Waals surface area (Å²) < 4.78 is 0. The van der Waals surface area contributed by atoms with Gasteiger partial charge in [0.05, 0.1) is 24.2 Å². The molecule has 3 aromatic rings. The molecule has 1 heterocycles. The summed E-state index contributed by atoms with van der Waals surface area (Å²) in [6.07, 6.45) is 2.29. The van der Waals surface area contributed by atoms with Crippen LogP contribution in [-0.4, -0.2) is 19.0 Å². The van der Waals surface area contributed by atoms with Gasteiger partial charge in [-0.25, -0.2) is 0 Å². The fourth-order valence-electron chi connectivity index (χ4n) is 4.25. The zero-order chi connectivity index (χ0) is 20.1. The van der Waals surface area contributed by atoms with Crippen molar-refractivity contribution in [3.05, 3.63) is 107 Å². The number of benzene rings is 3. The van der Waals surface area contributed by atoms with E-state index in [0.29, 0.717) is 5.02 Å². The average molecular weight is 406 g/mol. The second-order valence-electron chi connectivity index (χ2n) is 7.58. The summed E-state index contributed by atoms with van der Waals surface area (Å²) in [5, 5.41) is 3.99. The van der Waals surface area contributed by atoms with Gasteiger partial charge in [-0.05, 0) is 17.2 Å². The number of hydrogen-bond donors (Lipinski definition) is 2. The summed E-state index contributed by atoms with van der Waals surface area (Å²) in [5.41, 5.74) is 3.05. The molecule has 0 bridgehead atoms. The topological polar surface area (TPSA) is 33.5 Å². The third-order valence-corrected chi connectivity index (χ3v) is 6.03. The van der Waals surface area contributed by atoms with Gasteiger partial charge in [-0.2, -0.15) is 0 Å². The van der Waals surface area contributed by atoms with E-state index >= 15 is 0 Å². The predicted octanol–water partition coefficient (Wildman–Crippen LogP) is 3.97. The Morgan fingerprint density at radius 2 is 1.31 bits per heavy atom. The SMILES string of the molecule is O=C(NC(c1ccccc1)c1ccccc1)[C@@H](c1ccccc1Cl)[NH+]1CCCC1. The summed E-state index contributed by atoms with van der Waals surface area (Å²) in [7, 11) is 0. The zero-order valence-corrected chi connectivity index (χ0v) is 17.1. The number of likely N-dealkylation sites (tertiary alicyclic amines) is 1. The van der Waals surface area contributed by atoms with Crippen molar-refractivity contribution in [1.29, 1.82) is 0 Å². The second kappa shape index (κ2) is 9.25. The van der Waals surface area contributed by atoms with Crippen LogP contribution in [0.3, 0.4) is 0 Å². The van der Waals surface area contributed by atoms with Crippen molar-refractivity contribution in [3.8, 4) is 0 Å². The molecule has 0 aliphatic carbocycles. The minimum atomic E-state index is -0.305. The smallest absolute Gasteiger partial charge is 0.283 e. The molecule has 0 unspecified atom stereocenters. The number of halogens is 1. The lowest BCUT2D eigenvalue weighted by Crippen LogP contribution is -3.11. The molecule has 4 heteroatoms. The molecule has 0 radical (unpaired) electrons. The molecule has 1 aliphatic rings. The number of nitrogens with one attached hydrogen (secondary N) is 2. The lowest BCUT2D eigenvalue weighted by Gasteiger charge is -2.28. The van der Waals surface area contributed by atoms with Crippen LogP contribution in [0, 0.1) is 0 Å². The molecular formula is C25H26ClN2O+. The van der Waals surface area contributed by atoms with Crippen LogP contribution in [0.15, 0.2) is 84.9 Å². The van der Waals surface area contributed by atoms with Crippen LogP contribution in [-0.2, 0) is 4.79 Å². The molecule has 1 fully saturated rings. The molecule has 0 aromatic heterocycles. The van der Waals surface area contributed by atoms with Crippen molar-refractivity contribution < 1.29 is 9.69 Å². The van der Waals surface area contributed by atoms with E-state index in [4.69, 9.17) is 11.6 Å². The molecule has 4 rings (SSSR count). The van der Waals surface area contributed by atoms with E-state index in [1.165, 1.54) is 4.90 Å². The highest BCUT2D eigenvalue weighted by Crippen LogP contribution is 2.25. The Bertz CT molecular complexity index is 900. The Balaban J connectivity index is 1.68. The highest BCUT2D eigenvalue weighted by atomic mass is 35.5. The van der Waals surface area contributed by atoms with Crippen molar-refractivity contribution in [2.45, 2.75) is 24.9 Å². The first kappa shape index (κ1) is 19.7. The van der Waals surface area contributed by atoms with Gasteiger partial charge in [-0.1, -0.05) is 90.5 Å². The van der Waals surface area contributed by atoms with Crippen molar-refractivity contribution >= 4 is 17.5 Å². The molecule has 2 N–H and O–H groups in total. The molecule has 0 spiro atoms. The highest BCUT2D eigenvalue weighted by molar-refractivity contribution is 6.31. The summed E-state index contributed by atoms with van der Waals surface area (Å²) in [6.45, 7) is 1.98. The quantitative estimate of drug-likeness (QED) is 0.639. The van der Waals surface area contributed by atoms with Gasteiger partial charge >= 0.3 is 0 Å². The predicted molar refractivity (Wildman–Crippen MR) is 117 cm³/mol. The van der Waals surface area contributed by atoms with Gasteiger partial charge in [0.15, 0.2) is 6.04 Å². The van der Waals surface area contributed by atoms with Crippen LogP contribution in [0.2, 0.25) is 5.02 Å². The summed E-state index contributed by atoms with van der Waals surface area (Å²) in [6, 6.07) is 27.5. The van der Waals surface area contributed by atoms with Gasteiger partial charge in [0.1, 0.15) is 0 Å². The summed E-state index contributed by atoms with van der Waals surface area (Å²) in [4.78, 5) is 14.9. The first-order valence-electron chi connectivity index (χ1n) is 10.2. The van der Waals surface area contributed by atoms with Crippen LogP contribution < -0.4 is 10.2 Å². The lowest BCUT2D eigenvalue weighted by atomic mass is 9.97. The third-order valence-electron chi connectivity index (χ3n) is 5.68. The molecule has 148 valence electrons. The Hall–Kier alpha value is -2.62. The number of hydrogen-bond acceptors (Lipinski definition) is 1. The number of amides is 1. The number of carbonyl (C=O) groups excluding carboxylic acids is 1. The first-order chi connectivity index (χ1) is 14.2. The fraction of sp³-hybridized carbons (Fsp3) is 0.240. The molecule has 1 saturated heterocycles. The standard InChI is InChI=1S/C25H25ClN2O/c26-22-16-8-7-15-21(22)24(28-17-9-10-18-28)25(29)27-23(19-11-3-1-4-12-19)20-13-5-2-6-14-20/h1-8,11-16,23-24H,9-10,17-18H2,(H,27,29)/p+1/t24-/m1/s1. The first-order valence-corrected chi connectivity index (χ1v) is 10.6. The van der Waals surface area contributed by atoms with E-state index < -0.39 is 0 Å². The summed E-state index contributed by atoms with van der Waals surface area (Å²) in [5.74, 6) is 0.0210. The van der Waals surface area contributed by atoms with Gasteiger partial charge in [0.25, 0.3) is 5.91 Å². The molecule has 1 amide bonds. The van der Waals surface area contributed by atoms with Crippen LogP contribution in [0.4, 0.5) is 0 Å².